The standard InChI is InChI=1S/C30H40N2O6S/c1-7-36-30(37-8-2,18-22-19-39-26-12-10-9-11-24(22)26)20(3)31-27(33)25(32-28(34)35)17-21-13-15-23(16-14-21)38-29(4,5)6/h9-16,19-20,25,32H,7-8,17-18H2,1-6H3,(H,31,33)(H,34,35)/t20-,25-/m0/s1. The Labute approximate surface area is 234 Å². The predicted molar refractivity (Wildman–Crippen MR) is 155 cm³/mol. The summed E-state index contributed by atoms with van der Waals surface area (Å²) >= 11 is 1.65. The number of fused-ring (bicyclic) bond motifs is 1. The monoisotopic (exact) mass is 556 g/mol. The molecule has 3 N–H and O–H groups in total. The van der Waals surface area contributed by atoms with Crippen LogP contribution in [0.3, 0.4) is 0 Å². The van der Waals surface area contributed by atoms with Crippen LogP contribution in [0.25, 0.3) is 10.1 Å². The van der Waals surface area contributed by atoms with E-state index in [1.165, 1.54) is 0 Å². The number of carbonyl (C=O) groups is 2. The normalized spacial score (nSPS) is 13.6. The van der Waals surface area contributed by atoms with Gasteiger partial charge in [0.25, 0.3) is 0 Å². The molecule has 3 rings (SSSR count). The van der Waals surface area contributed by atoms with Crippen molar-refractivity contribution in [3.05, 3.63) is 65.0 Å². The molecule has 0 saturated carbocycles. The Bertz CT molecular complexity index is 1230. The summed E-state index contributed by atoms with van der Waals surface area (Å²) in [6.07, 6.45) is -0.681. The number of amides is 2. The molecule has 0 aliphatic carbocycles. The molecule has 0 radical (unpaired) electrons. The van der Waals surface area contributed by atoms with Crippen LogP contribution in [-0.4, -0.2) is 53.8 Å². The van der Waals surface area contributed by atoms with Gasteiger partial charge in [0.05, 0.1) is 6.04 Å². The van der Waals surface area contributed by atoms with Crippen LogP contribution in [0.5, 0.6) is 5.75 Å². The molecule has 1 heterocycles. The first-order chi connectivity index (χ1) is 18.5. The average molecular weight is 557 g/mol. The molecule has 0 bridgehead atoms. The van der Waals surface area contributed by atoms with Crippen molar-refractivity contribution in [3.63, 3.8) is 0 Å². The molecule has 3 aromatic rings. The second kappa shape index (κ2) is 13.3. The molecule has 8 nitrogen and oxygen atoms in total. The van der Waals surface area contributed by atoms with Gasteiger partial charge in [0.15, 0.2) is 5.79 Å². The van der Waals surface area contributed by atoms with Gasteiger partial charge in [-0.25, -0.2) is 4.79 Å². The van der Waals surface area contributed by atoms with Gasteiger partial charge < -0.3 is 30.0 Å². The molecule has 0 unspecified atom stereocenters. The molecular formula is C30H40N2O6S. The highest BCUT2D eigenvalue weighted by atomic mass is 32.1. The summed E-state index contributed by atoms with van der Waals surface area (Å²) in [6.45, 7) is 12.2. The van der Waals surface area contributed by atoms with Crippen LogP contribution in [0.1, 0.15) is 52.7 Å². The van der Waals surface area contributed by atoms with Crippen molar-refractivity contribution in [1.29, 1.82) is 0 Å². The Morgan fingerprint density at radius 1 is 0.974 bits per heavy atom. The van der Waals surface area contributed by atoms with E-state index in [2.05, 4.69) is 28.1 Å². The maximum atomic E-state index is 13.4. The van der Waals surface area contributed by atoms with Crippen molar-refractivity contribution < 1.29 is 28.9 Å². The first-order valence-corrected chi connectivity index (χ1v) is 14.1. The molecule has 0 saturated heterocycles. The van der Waals surface area contributed by atoms with E-state index < -0.39 is 29.9 Å². The van der Waals surface area contributed by atoms with E-state index in [0.717, 1.165) is 21.2 Å². The zero-order chi connectivity index (χ0) is 28.6. The Balaban J connectivity index is 1.81. The third kappa shape index (κ3) is 8.42. The van der Waals surface area contributed by atoms with Gasteiger partial charge in [0.2, 0.25) is 5.91 Å². The first kappa shape index (κ1) is 30.4. The molecule has 0 fully saturated rings. The second-order valence-electron chi connectivity index (χ2n) is 10.4. The van der Waals surface area contributed by atoms with Gasteiger partial charge >= 0.3 is 6.09 Å². The summed E-state index contributed by atoms with van der Waals surface area (Å²) < 4.78 is 19.4. The zero-order valence-corrected chi connectivity index (χ0v) is 24.4. The number of rotatable bonds is 13. The van der Waals surface area contributed by atoms with Crippen molar-refractivity contribution in [1.82, 2.24) is 10.6 Å². The van der Waals surface area contributed by atoms with E-state index in [9.17, 15) is 14.7 Å². The highest BCUT2D eigenvalue weighted by Gasteiger charge is 2.41. The van der Waals surface area contributed by atoms with Crippen LogP contribution in [0.4, 0.5) is 4.79 Å². The van der Waals surface area contributed by atoms with Crippen molar-refractivity contribution >= 4 is 33.4 Å². The van der Waals surface area contributed by atoms with Gasteiger partial charge in [-0.05, 0) is 81.6 Å². The number of hydrogen-bond acceptors (Lipinski definition) is 6. The summed E-state index contributed by atoms with van der Waals surface area (Å²) in [5.41, 5.74) is 1.52. The Morgan fingerprint density at radius 2 is 1.62 bits per heavy atom. The molecule has 9 heteroatoms. The van der Waals surface area contributed by atoms with Crippen LogP contribution in [0.2, 0.25) is 0 Å². The smallest absolute Gasteiger partial charge is 0.405 e. The number of thiophene rings is 1. The number of benzene rings is 2. The molecule has 1 aromatic heterocycles. The molecule has 2 atom stereocenters. The van der Waals surface area contributed by atoms with Crippen LogP contribution in [0.15, 0.2) is 53.9 Å². The van der Waals surface area contributed by atoms with Crippen molar-refractivity contribution in [2.24, 2.45) is 0 Å². The lowest BCUT2D eigenvalue weighted by Crippen LogP contribution is -2.59. The third-order valence-electron chi connectivity index (χ3n) is 6.20. The lowest BCUT2D eigenvalue weighted by molar-refractivity contribution is -0.246. The fourth-order valence-electron chi connectivity index (χ4n) is 4.54. The summed E-state index contributed by atoms with van der Waals surface area (Å²) in [7, 11) is 0. The molecule has 2 aromatic carbocycles. The van der Waals surface area contributed by atoms with E-state index in [4.69, 9.17) is 14.2 Å². The number of hydrogen-bond donors (Lipinski definition) is 3. The predicted octanol–water partition coefficient (Wildman–Crippen LogP) is 5.77. The van der Waals surface area contributed by atoms with Crippen LogP contribution in [-0.2, 0) is 27.1 Å². The summed E-state index contributed by atoms with van der Waals surface area (Å²) in [4.78, 5) is 25.0. The number of carbonyl (C=O) groups excluding carboxylic acids is 1. The molecule has 212 valence electrons. The van der Waals surface area contributed by atoms with Gasteiger partial charge in [0.1, 0.15) is 17.4 Å². The molecule has 0 aliphatic heterocycles. The van der Waals surface area contributed by atoms with Crippen molar-refractivity contribution in [3.8, 4) is 5.75 Å². The van der Waals surface area contributed by atoms with Crippen molar-refractivity contribution in [2.75, 3.05) is 13.2 Å². The largest absolute Gasteiger partial charge is 0.488 e. The summed E-state index contributed by atoms with van der Waals surface area (Å²) in [6, 6.07) is 13.9. The molecule has 0 aliphatic rings. The highest BCUT2D eigenvalue weighted by molar-refractivity contribution is 7.17. The van der Waals surface area contributed by atoms with Crippen molar-refractivity contribution in [2.45, 2.75) is 77.9 Å². The SMILES string of the molecule is CCOC(Cc1csc2ccccc12)(OCC)[C@H](C)NC(=O)[C@H](Cc1ccc(OC(C)(C)C)cc1)NC(=O)O. The van der Waals surface area contributed by atoms with Crippen LogP contribution < -0.4 is 15.4 Å². The van der Waals surface area contributed by atoms with Gasteiger partial charge in [-0.3, -0.25) is 4.79 Å². The zero-order valence-electron chi connectivity index (χ0n) is 23.6. The van der Waals surface area contributed by atoms with Gasteiger partial charge in [-0.1, -0.05) is 30.3 Å². The molecule has 0 spiro atoms. The Hall–Kier alpha value is -3.14. The lowest BCUT2D eigenvalue weighted by atomic mass is 9.97. The lowest BCUT2D eigenvalue weighted by Gasteiger charge is -2.39. The minimum atomic E-state index is -1.28. The van der Waals surface area contributed by atoms with E-state index >= 15 is 0 Å². The number of carboxylic acid groups (broad SMARTS) is 1. The average Bonchev–Trinajstić information content (AvgIpc) is 3.26. The van der Waals surface area contributed by atoms with E-state index in [1.54, 1.807) is 11.3 Å². The maximum absolute atomic E-state index is 13.4. The minimum absolute atomic E-state index is 0.173. The number of ether oxygens (including phenoxy) is 3. The quantitative estimate of drug-likeness (QED) is 0.231. The van der Waals surface area contributed by atoms with Gasteiger partial charge in [-0.15, -0.1) is 11.3 Å². The third-order valence-corrected chi connectivity index (χ3v) is 7.21. The summed E-state index contributed by atoms with van der Waals surface area (Å²) in [5.74, 6) is -0.895. The first-order valence-electron chi connectivity index (χ1n) is 13.3. The highest BCUT2D eigenvalue weighted by Crippen LogP contribution is 2.32. The fourth-order valence-corrected chi connectivity index (χ4v) is 5.50. The molecular weight excluding hydrogens is 516 g/mol. The second-order valence-corrected chi connectivity index (χ2v) is 11.3. The van der Waals surface area contributed by atoms with E-state index in [0.29, 0.717) is 25.4 Å². The van der Waals surface area contributed by atoms with Crippen LogP contribution >= 0.6 is 11.3 Å². The molecule has 39 heavy (non-hydrogen) atoms. The topological polar surface area (TPSA) is 106 Å². The maximum Gasteiger partial charge on any atom is 0.405 e. The molecule has 2 amide bonds. The van der Waals surface area contributed by atoms with Crippen LogP contribution in [0, 0.1) is 0 Å². The van der Waals surface area contributed by atoms with E-state index in [-0.39, 0.29) is 12.0 Å². The van der Waals surface area contributed by atoms with Gasteiger partial charge in [-0.2, -0.15) is 0 Å². The minimum Gasteiger partial charge on any atom is -0.488 e. The summed E-state index contributed by atoms with van der Waals surface area (Å²) in [5, 5.41) is 18.0. The Morgan fingerprint density at radius 3 is 2.21 bits per heavy atom. The number of nitrogens with one attached hydrogen (secondary N) is 2. The Kier molecular flexibility index (Phi) is 10.4. The van der Waals surface area contributed by atoms with Gasteiger partial charge in [0, 0.05) is 30.8 Å². The fraction of sp³-hybridized carbons (Fsp3) is 0.467. The van der Waals surface area contributed by atoms with E-state index in [1.807, 2.05) is 77.9 Å².